The molecule has 0 aromatic heterocycles. The molecule has 2 N–H and O–H groups in total. The molecule has 0 aliphatic carbocycles. The second-order valence-corrected chi connectivity index (χ2v) is 11.1. The van der Waals surface area contributed by atoms with Gasteiger partial charge in [-0.25, -0.2) is 0 Å². The van der Waals surface area contributed by atoms with Crippen LogP contribution in [0.2, 0.25) is 0 Å². The highest BCUT2D eigenvalue weighted by molar-refractivity contribution is 5.99. The Morgan fingerprint density at radius 2 is 1.85 bits per heavy atom. The van der Waals surface area contributed by atoms with E-state index in [-0.39, 0.29) is 43.8 Å². The average molecular weight is 566 g/mol. The maximum Gasteiger partial charge on any atom is 0.313 e. The molecule has 4 aliphatic heterocycles. The molecule has 6 atom stereocenters. The van der Waals surface area contributed by atoms with Crippen LogP contribution in [0.3, 0.4) is 0 Å². The fourth-order valence-electron chi connectivity index (χ4n) is 6.48. The third-order valence-electron chi connectivity index (χ3n) is 8.47. The van der Waals surface area contributed by atoms with Crippen LogP contribution < -0.4 is 5.32 Å². The summed E-state index contributed by atoms with van der Waals surface area (Å²) >= 11 is 0. The maximum atomic E-state index is 14.2. The minimum atomic E-state index is -1.36. The topological polar surface area (TPSA) is 125 Å². The van der Waals surface area contributed by atoms with Gasteiger partial charge in [-0.1, -0.05) is 68.0 Å². The van der Waals surface area contributed by atoms with E-state index in [0.717, 1.165) is 18.4 Å². The molecule has 2 saturated heterocycles. The highest BCUT2D eigenvalue weighted by atomic mass is 16.6. The number of nitrogens with zero attached hydrogens (tertiary/aromatic N) is 2. The monoisotopic (exact) mass is 565 g/mol. The van der Waals surface area contributed by atoms with Crippen molar-refractivity contribution in [2.45, 2.75) is 62.9 Å². The molecule has 10 heteroatoms. The standard InChI is InChI=1S/C31H39N3O7/c1-2-3-16-33-17-9-15-31-26(28(37)34(18-10-19-35)27(31)29(33)38)25-22(41-31)13-7-8-14-24(36)32-20-23(40-30(25)39)21-11-5-4-6-12-21/h4-7,9,11-13,15,22-23,25-27,35H,2-3,8,10,14,16-20H2,1H3,(H,32,36)/b13-7-/t22-,23+,25+,26+,27-,31+/m0/s1. The first-order valence-corrected chi connectivity index (χ1v) is 14.7. The Bertz CT molecular complexity index is 1200. The van der Waals surface area contributed by atoms with Crippen LogP contribution >= 0.6 is 0 Å². The average Bonchev–Trinajstić information content (AvgIpc) is 3.36. The van der Waals surface area contributed by atoms with Crippen LogP contribution in [0.5, 0.6) is 0 Å². The van der Waals surface area contributed by atoms with Gasteiger partial charge in [0.15, 0.2) is 0 Å². The highest BCUT2D eigenvalue weighted by Crippen LogP contribution is 2.53. The molecule has 1 spiro atoms. The zero-order valence-electron chi connectivity index (χ0n) is 23.4. The summed E-state index contributed by atoms with van der Waals surface area (Å²) in [5.74, 6) is -3.33. The van der Waals surface area contributed by atoms with Gasteiger partial charge in [-0.3, -0.25) is 19.2 Å². The Morgan fingerprint density at radius 1 is 1.05 bits per heavy atom. The molecule has 5 rings (SSSR count). The van der Waals surface area contributed by atoms with Crippen molar-refractivity contribution in [2.24, 2.45) is 11.8 Å². The normalized spacial score (nSPS) is 32.7. The lowest BCUT2D eigenvalue weighted by atomic mass is 9.78. The van der Waals surface area contributed by atoms with Crippen molar-refractivity contribution in [2.75, 3.05) is 32.8 Å². The number of hydrogen-bond donors (Lipinski definition) is 2. The molecule has 1 aromatic rings. The van der Waals surface area contributed by atoms with Crippen molar-refractivity contribution >= 4 is 23.7 Å². The summed E-state index contributed by atoms with van der Waals surface area (Å²) in [7, 11) is 0. The van der Waals surface area contributed by atoms with Crippen LogP contribution in [0, 0.1) is 11.8 Å². The second kappa shape index (κ2) is 12.6. The summed E-state index contributed by atoms with van der Waals surface area (Å²) in [5, 5.41) is 12.4. The number of nitrogens with one attached hydrogen (secondary N) is 1. The van der Waals surface area contributed by atoms with Gasteiger partial charge in [-0.2, -0.15) is 0 Å². The summed E-state index contributed by atoms with van der Waals surface area (Å²) in [6.07, 6.45) is 8.31. The molecule has 41 heavy (non-hydrogen) atoms. The first-order valence-electron chi connectivity index (χ1n) is 14.7. The summed E-state index contributed by atoms with van der Waals surface area (Å²) in [6, 6.07) is 8.20. The molecular weight excluding hydrogens is 526 g/mol. The minimum Gasteiger partial charge on any atom is -0.455 e. The molecular formula is C31H39N3O7. The van der Waals surface area contributed by atoms with E-state index in [4.69, 9.17) is 9.47 Å². The molecule has 1 aromatic carbocycles. The van der Waals surface area contributed by atoms with Crippen LogP contribution in [0.15, 0.2) is 54.6 Å². The predicted molar refractivity (Wildman–Crippen MR) is 149 cm³/mol. The molecule has 0 radical (unpaired) electrons. The van der Waals surface area contributed by atoms with Gasteiger partial charge in [0, 0.05) is 32.7 Å². The predicted octanol–water partition coefficient (Wildman–Crippen LogP) is 1.90. The summed E-state index contributed by atoms with van der Waals surface area (Å²) in [5.41, 5.74) is -0.644. The van der Waals surface area contributed by atoms with Gasteiger partial charge in [-0.05, 0) is 24.8 Å². The van der Waals surface area contributed by atoms with E-state index in [0.29, 0.717) is 25.9 Å². The van der Waals surface area contributed by atoms with Crippen molar-refractivity contribution in [3.8, 4) is 0 Å². The molecule has 0 saturated carbocycles. The number of hydrogen-bond acceptors (Lipinski definition) is 7. The number of esters is 1. The van der Waals surface area contributed by atoms with E-state index < -0.39 is 41.7 Å². The highest BCUT2D eigenvalue weighted by Gasteiger charge is 2.71. The number of ether oxygens (including phenoxy) is 2. The fourth-order valence-corrected chi connectivity index (χ4v) is 6.48. The maximum absolute atomic E-state index is 14.2. The lowest BCUT2D eigenvalue weighted by Crippen LogP contribution is -2.55. The molecule has 10 nitrogen and oxygen atoms in total. The van der Waals surface area contributed by atoms with Gasteiger partial charge < -0.3 is 29.7 Å². The number of aliphatic hydroxyl groups excluding tert-OH is 1. The molecule has 4 aliphatic rings. The minimum absolute atomic E-state index is 0.0936. The number of carbonyl (C=O) groups excluding carboxylic acids is 4. The van der Waals surface area contributed by atoms with Gasteiger partial charge in [0.25, 0.3) is 0 Å². The van der Waals surface area contributed by atoms with E-state index in [9.17, 15) is 24.3 Å². The first kappa shape index (κ1) is 29.0. The lowest BCUT2D eigenvalue weighted by Gasteiger charge is -2.35. The smallest absolute Gasteiger partial charge is 0.313 e. The van der Waals surface area contributed by atoms with Crippen LogP contribution in [0.1, 0.15) is 50.7 Å². The van der Waals surface area contributed by atoms with E-state index in [1.165, 1.54) is 4.90 Å². The van der Waals surface area contributed by atoms with Crippen molar-refractivity contribution in [1.82, 2.24) is 15.1 Å². The van der Waals surface area contributed by atoms with Crippen LogP contribution in [0.4, 0.5) is 0 Å². The van der Waals surface area contributed by atoms with E-state index in [1.54, 1.807) is 23.1 Å². The van der Waals surface area contributed by atoms with Crippen molar-refractivity contribution in [3.63, 3.8) is 0 Å². The number of rotatable bonds is 7. The largest absolute Gasteiger partial charge is 0.455 e. The third-order valence-corrected chi connectivity index (χ3v) is 8.47. The number of carbonyl (C=O) groups is 4. The number of amides is 3. The number of fused-ring (bicyclic) bond motifs is 2. The molecule has 0 bridgehead atoms. The Balaban J connectivity index is 1.56. The molecule has 4 heterocycles. The Kier molecular flexibility index (Phi) is 8.89. The van der Waals surface area contributed by atoms with Gasteiger partial charge in [-0.15, -0.1) is 0 Å². The van der Waals surface area contributed by atoms with Crippen LogP contribution in [-0.2, 0) is 28.7 Å². The Hall–Kier alpha value is -3.50. The quantitative estimate of drug-likeness (QED) is 0.382. The summed E-state index contributed by atoms with van der Waals surface area (Å²) in [6.45, 7) is 3.11. The number of likely N-dealkylation sites (tertiary alicyclic amines) is 1. The van der Waals surface area contributed by atoms with E-state index in [1.807, 2.05) is 36.4 Å². The van der Waals surface area contributed by atoms with Gasteiger partial charge in [0.1, 0.15) is 23.7 Å². The van der Waals surface area contributed by atoms with Gasteiger partial charge >= 0.3 is 5.97 Å². The third kappa shape index (κ3) is 5.55. The molecule has 2 fully saturated rings. The first-order chi connectivity index (χ1) is 19.9. The van der Waals surface area contributed by atoms with Crippen molar-refractivity contribution in [1.29, 1.82) is 0 Å². The number of cyclic esters (lactones) is 1. The number of aliphatic hydroxyl groups is 1. The number of unbranched alkanes of at least 4 members (excludes halogenated alkanes) is 1. The zero-order valence-corrected chi connectivity index (χ0v) is 23.4. The second-order valence-electron chi connectivity index (χ2n) is 11.1. The molecule has 0 unspecified atom stereocenters. The summed E-state index contributed by atoms with van der Waals surface area (Å²) < 4.78 is 12.7. The van der Waals surface area contributed by atoms with Gasteiger partial charge in [0.05, 0.1) is 18.6 Å². The molecule has 220 valence electrons. The van der Waals surface area contributed by atoms with Gasteiger partial charge in [0.2, 0.25) is 17.7 Å². The lowest BCUT2D eigenvalue weighted by molar-refractivity contribution is -0.160. The van der Waals surface area contributed by atoms with E-state index >= 15 is 0 Å². The zero-order chi connectivity index (χ0) is 29.0. The van der Waals surface area contributed by atoms with E-state index in [2.05, 4.69) is 12.2 Å². The SMILES string of the molecule is CCCCN1CC=C[C@@]23O[C@H]4/C=C\CCC(=O)NC[C@H](c5ccccc5)OC(=O)[C@H]4[C@@H]2C(=O)N(CCCO)[C@H]3C1=O. The van der Waals surface area contributed by atoms with Crippen LogP contribution in [0.25, 0.3) is 0 Å². The molecule has 3 amide bonds. The summed E-state index contributed by atoms with van der Waals surface area (Å²) in [4.78, 5) is 58.0. The Labute approximate surface area is 240 Å². The van der Waals surface area contributed by atoms with Crippen molar-refractivity contribution in [3.05, 3.63) is 60.2 Å². The number of allylic oxidation sites excluding steroid dienone is 1. The fraction of sp³-hybridized carbons (Fsp3) is 0.548. The Morgan fingerprint density at radius 3 is 2.61 bits per heavy atom. The van der Waals surface area contributed by atoms with Crippen LogP contribution in [-0.4, -0.2) is 89.1 Å². The number of benzene rings is 1. The van der Waals surface area contributed by atoms with Crippen molar-refractivity contribution < 1.29 is 33.8 Å².